The molecule has 44 heteroatoms. The van der Waals surface area contributed by atoms with Crippen molar-refractivity contribution in [1.82, 2.24) is 42.5 Å². The van der Waals surface area contributed by atoms with E-state index in [9.17, 15) is 71.1 Å². The molecule has 5 fully saturated rings. The van der Waals surface area contributed by atoms with E-state index in [1.54, 1.807) is 43.0 Å². The number of anilines is 2. The molecule has 11 amide bonds. The molecule has 0 bridgehead atoms. The number of para-hydroxylation sites is 1. The van der Waals surface area contributed by atoms with Gasteiger partial charge in [-0.3, -0.25) is 57.5 Å². The van der Waals surface area contributed by atoms with E-state index < -0.39 is 159 Å². The fourth-order valence-corrected chi connectivity index (χ4v) is 20.5. The molecule has 5 aliphatic carbocycles. The number of aliphatic hydroxyl groups excluding tert-OH is 1. The van der Waals surface area contributed by atoms with E-state index >= 15 is 4.39 Å². The first-order chi connectivity index (χ1) is 71.6. The second kappa shape index (κ2) is 63.4. The van der Waals surface area contributed by atoms with Crippen LogP contribution in [-0.4, -0.2) is 312 Å². The van der Waals surface area contributed by atoms with Crippen LogP contribution in [0.5, 0.6) is 0 Å². The van der Waals surface area contributed by atoms with Gasteiger partial charge in [0.15, 0.2) is 23.5 Å². The fraction of sp³-hybridized carbons (Fsp3) is 0.638. The van der Waals surface area contributed by atoms with Crippen molar-refractivity contribution in [2.45, 2.75) is 238 Å². The molecule has 1 aliphatic heterocycles. The Morgan fingerprint density at radius 2 is 1.28 bits per heavy atom. The summed E-state index contributed by atoms with van der Waals surface area (Å²) in [6.07, 6.45) is 7.27. The molecule has 1 heterocycles. The third kappa shape index (κ3) is 38.4. The van der Waals surface area contributed by atoms with E-state index in [-0.39, 0.29) is 212 Å². The van der Waals surface area contributed by atoms with Crippen molar-refractivity contribution in [1.29, 1.82) is 0 Å². The summed E-state index contributed by atoms with van der Waals surface area (Å²) in [4.78, 5) is 168. The minimum atomic E-state index is -4.17. The van der Waals surface area contributed by atoms with Crippen molar-refractivity contribution in [3.05, 3.63) is 125 Å². The van der Waals surface area contributed by atoms with Crippen LogP contribution in [0.2, 0.25) is 0 Å². The summed E-state index contributed by atoms with van der Waals surface area (Å²) in [5, 5.41) is 40.5. The molecular formula is C105H155FN14O28S. The van der Waals surface area contributed by atoms with E-state index in [0.29, 0.717) is 106 Å². The Hall–Kier alpha value is -11.0. The number of nitrogens with zero attached hydrogens (tertiary/aromatic N) is 3. The maximum atomic E-state index is 16.3. The van der Waals surface area contributed by atoms with Gasteiger partial charge in [-0.2, -0.15) is 13.5 Å². The molecule has 149 heavy (non-hydrogen) atoms. The highest BCUT2D eigenvalue weighted by Gasteiger charge is 2.76. The highest BCUT2D eigenvalue weighted by atomic mass is 32.2. The lowest BCUT2D eigenvalue weighted by molar-refractivity contribution is -0.200. The molecular weight excluding hydrogens is 1960 g/mol. The quantitative estimate of drug-likeness (QED) is 0.0120. The lowest BCUT2D eigenvalue weighted by Gasteiger charge is -2.60. The fourth-order valence-electron chi connectivity index (χ4n) is 20.1. The third-order valence-corrected chi connectivity index (χ3v) is 28.3. The lowest BCUT2D eigenvalue weighted by atomic mass is 9.46. The zero-order valence-electron chi connectivity index (χ0n) is 86.7. The van der Waals surface area contributed by atoms with Gasteiger partial charge in [-0.25, -0.2) is 14.0 Å². The molecule has 0 radical (unpaired) electrons. The number of hydrogen-bond acceptors (Lipinski definition) is 30. The van der Waals surface area contributed by atoms with Gasteiger partial charge in [0.05, 0.1) is 155 Å². The molecule has 9 rings (SSSR count). The van der Waals surface area contributed by atoms with Gasteiger partial charge in [-0.05, 0) is 159 Å². The number of carbonyl (C=O) groups excluding carboxylic acids is 12. The number of urea groups is 1. The van der Waals surface area contributed by atoms with Crippen molar-refractivity contribution < 1.29 is 137 Å². The first-order valence-corrected chi connectivity index (χ1v) is 53.5. The van der Waals surface area contributed by atoms with Crippen molar-refractivity contribution >= 4 is 110 Å². The number of unbranched alkanes of at least 4 members (excludes halogenated alkanes) is 1. The van der Waals surface area contributed by atoms with E-state index in [1.807, 2.05) is 69.3 Å². The minimum Gasteiger partial charge on any atom is -0.445 e. The van der Waals surface area contributed by atoms with Gasteiger partial charge in [-0.1, -0.05) is 134 Å². The summed E-state index contributed by atoms with van der Waals surface area (Å²) in [5.74, 6) is -1.26. The number of ether oxygens (including phenoxy) is 12. The molecule has 5 unspecified atom stereocenters. The number of aliphatic hydroxyl groups is 1. The zero-order valence-corrected chi connectivity index (χ0v) is 87.5. The molecule has 1 saturated heterocycles. The van der Waals surface area contributed by atoms with Gasteiger partial charge >= 0.3 is 12.1 Å². The van der Waals surface area contributed by atoms with Gasteiger partial charge in [0.1, 0.15) is 49.3 Å². The van der Waals surface area contributed by atoms with Crippen LogP contribution in [0, 0.1) is 34.5 Å². The van der Waals surface area contributed by atoms with Crippen molar-refractivity contribution in [3.8, 4) is 0 Å². The summed E-state index contributed by atoms with van der Waals surface area (Å²) in [5.41, 5.74) is 7.60. The number of primary amides is 1. The first-order valence-electron chi connectivity index (χ1n) is 51.9. The van der Waals surface area contributed by atoms with E-state index in [4.69, 9.17) is 78.0 Å². The highest BCUT2D eigenvalue weighted by molar-refractivity contribution is 7.85. The van der Waals surface area contributed by atoms with Gasteiger partial charge in [-0.15, -0.1) is 0 Å². The number of Topliss-reactive ketones (excluding diaryl/α,β-unsaturated/α-hetero) is 1. The number of alkyl carbamates (subject to hydrolysis) is 1. The van der Waals surface area contributed by atoms with Crippen molar-refractivity contribution in [2.75, 3.05) is 168 Å². The van der Waals surface area contributed by atoms with E-state index in [2.05, 4.69) is 66.5 Å². The number of benzene rings is 3. The van der Waals surface area contributed by atoms with Crippen LogP contribution in [-0.2, 0) is 134 Å². The number of aliphatic imine (C=N–C) groups is 1. The van der Waals surface area contributed by atoms with Gasteiger partial charge in [0, 0.05) is 74.3 Å². The number of amides is 11. The Bertz CT molecular complexity index is 5110. The normalized spacial score (nSPS) is 22.5. The summed E-state index contributed by atoms with van der Waals surface area (Å²) in [7, 11) is -4.17. The number of aryl methyl sites for hydroxylation is 1. The number of ketones is 2. The Labute approximate surface area is 871 Å². The number of halogens is 1. The van der Waals surface area contributed by atoms with Crippen molar-refractivity contribution in [2.24, 2.45) is 56.2 Å². The summed E-state index contributed by atoms with van der Waals surface area (Å²) in [6.45, 7) is 18.2. The Balaban J connectivity index is 0.725. The maximum Gasteiger partial charge on any atom is 0.407 e. The zero-order chi connectivity index (χ0) is 108. The van der Waals surface area contributed by atoms with Crippen LogP contribution in [0.15, 0.2) is 113 Å². The molecule has 3 aromatic carbocycles. The molecule has 6 aliphatic rings. The average molecular weight is 2110 g/mol. The third-order valence-electron chi connectivity index (χ3n) is 27.6. The first kappa shape index (κ1) is 122. The Kier molecular flexibility index (Phi) is 51.7. The smallest absolute Gasteiger partial charge is 0.407 e. The van der Waals surface area contributed by atoms with Crippen LogP contribution in [0.25, 0.3) is 6.08 Å². The second-order valence-corrected chi connectivity index (χ2v) is 40.0. The van der Waals surface area contributed by atoms with Gasteiger partial charge in [0.25, 0.3) is 10.1 Å². The maximum absolute atomic E-state index is 16.3. The largest absolute Gasteiger partial charge is 0.445 e. The van der Waals surface area contributed by atoms with Crippen LogP contribution >= 0.6 is 0 Å². The number of allylic oxidation sites excluding steroid dienone is 4. The number of fused-ring (bicyclic) bond motifs is 7. The summed E-state index contributed by atoms with van der Waals surface area (Å²) >= 11 is 0. The van der Waals surface area contributed by atoms with E-state index in [1.165, 1.54) is 24.3 Å². The minimum absolute atomic E-state index is 0.00280. The number of hydrazone groups is 1. The van der Waals surface area contributed by atoms with Crippen LogP contribution < -0.4 is 64.3 Å². The van der Waals surface area contributed by atoms with Gasteiger partial charge < -0.3 is 126 Å². The predicted molar refractivity (Wildman–Crippen MR) is 551 cm³/mol. The second-order valence-electron chi connectivity index (χ2n) is 38.5. The number of nitrogens with one attached hydrogen (secondary N) is 9. The molecule has 826 valence electrons. The monoisotopic (exact) mass is 2110 g/mol. The average Bonchev–Trinajstić information content (AvgIpc) is 1.51. The number of alkyl halides is 1. The van der Waals surface area contributed by atoms with Crippen LogP contribution in [0.1, 0.15) is 186 Å². The standard InChI is InChI=1S/C105H155FN14O28S/c1-8-21-94-147-88-64-78-77-63-80(106)79-62-76(121)36-39-103(79,6)95(77)85(122)65-104(78,7)105(88,148-94)87(123)66-114-102(133)146-68-71-30-32-75(33-31-71)115-98(129)83(27-20-41-113-101(107)132)117-100(131)96(70(4)5)118-99(130)82(26-18-19-40-110-92(127)69-145-86-29-13-11-12-25-81(97(86)119-108)109-42-47-139-51-55-143-59-57-141-53-49-137-45-37-90(125)112-44-61-149(134,135)136)116-91(126)38-46-138-50-54-142-58-60-144-56-52-140-48-43-111-89(124)34-35-93(128)120(84-28-17-16-23-73(84)10-3)67-74-24-15-14-22-72(74)9-2/h10,14-17,22-24,28,30-33,36,39,62,70,77-78,80,82-83,85-86,88,94-96,122H,3,8-9,11-13,18-21,25-27,29,34-35,37-38,40-61,63-69,108H2,1-2,4-7H3,(H,110,127)(H,111,124)(H,112,125)(H,114,133)(H,115,129)(H,116,126)(H,117,131)(H,118,130)(H3,107,113,132)(H,134,135,136)/t77?,78?,80-,82+,83-,85-,86?,88+,94?,95?,96-,103-,104-,105+/m0/s1. The molecule has 42 nitrogen and oxygen atoms in total. The molecule has 3 aromatic rings. The lowest BCUT2D eigenvalue weighted by Crippen LogP contribution is -2.65. The summed E-state index contributed by atoms with van der Waals surface area (Å²) in [6, 6.07) is 17.1. The highest BCUT2D eigenvalue weighted by Crippen LogP contribution is 2.70. The molecule has 0 aromatic heterocycles. The SMILES string of the molecule is C=Cc1ccccc1N(Cc1ccccc1CC)C(=O)CCC(=O)NCCOCCOCCOCCOCCC(=O)N[C@H](CCCCNC(=O)COC1CCCCCC(=NCCOCCOCCOCCOCCC(=O)NCCS(=O)(=O)O)C1=NN)C(=O)N[C@H](C(=O)N[C@@H](CCCNC(N)=O)C(=O)Nc1ccc(COC(=O)NCC(=O)[C@@]23OC(CCC)O[C@@H]2CC2C4C[C@H](F)C5=CC(=O)C=C[C@]5(C)C4[C@@H](O)C[C@@]23C)cc1)C(C)C. The molecule has 15 N–H and O–H groups in total. The molecule has 0 spiro atoms. The number of hydrogen-bond donors (Lipinski definition) is 13. The topological polar surface area (TPSA) is 578 Å². The molecule has 4 saturated carbocycles. The van der Waals surface area contributed by atoms with Crippen LogP contribution in [0.3, 0.4) is 0 Å². The van der Waals surface area contributed by atoms with Crippen LogP contribution in [0.4, 0.5) is 25.4 Å². The van der Waals surface area contributed by atoms with E-state index in [0.717, 1.165) is 42.4 Å². The number of rotatable bonds is 68. The summed E-state index contributed by atoms with van der Waals surface area (Å²) < 4.78 is 117. The Morgan fingerprint density at radius 3 is 1.93 bits per heavy atom. The Morgan fingerprint density at radius 1 is 0.664 bits per heavy atom. The van der Waals surface area contributed by atoms with Gasteiger partial charge in [0.2, 0.25) is 47.3 Å². The predicted octanol–water partition coefficient (Wildman–Crippen LogP) is 6.74. The molecule has 14 atom stereocenters. The number of nitrogens with two attached hydrogens (primary N) is 2. The number of carbonyl (C=O) groups is 12. The van der Waals surface area contributed by atoms with Crippen molar-refractivity contribution in [3.63, 3.8) is 0 Å².